The van der Waals surface area contributed by atoms with Gasteiger partial charge in [-0.05, 0) is 67.1 Å². The maximum Gasteiger partial charge on any atom is 0.293 e. The average Bonchev–Trinajstić information content (AvgIpc) is 3.20. The number of thioether (sulfide) groups is 1. The van der Waals surface area contributed by atoms with Gasteiger partial charge in [-0.3, -0.25) is 14.5 Å². The van der Waals surface area contributed by atoms with Gasteiger partial charge in [0.15, 0.2) is 0 Å². The predicted octanol–water partition coefficient (Wildman–Crippen LogP) is 6.07. The van der Waals surface area contributed by atoms with Gasteiger partial charge in [-0.15, -0.1) is 0 Å². The molecular weight excluding hydrogens is 444 g/mol. The fourth-order valence-corrected chi connectivity index (χ4v) is 4.69. The smallest absolute Gasteiger partial charge is 0.293 e. The number of para-hydroxylation sites is 1. The predicted molar refractivity (Wildman–Crippen MR) is 129 cm³/mol. The number of halogens is 1. The molecule has 7 heteroatoms. The van der Waals surface area contributed by atoms with Gasteiger partial charge < -0.3 is 9.30 Å². The molecule has 0 atom stereocenters. The zero-order chi connectivity index (χ0) is 22.7. The first-order chi connectivity index (χ1) is 15.4. The molecule has 0 unspecified atom stereocenters. The van der Waals surface area contributed by atoms with E-state index in [1.54, 1.807) is 12.1 Å². The third-order valence-corrected chi connectivity index (χ3v) is 6.66. The minimum Gasteiger partial charge on any atom is -0.492 e. The summed E-state index contributed by atoms with van der Waals surface area (Å²) in [6, 6.07) is 19.0. The molecule has 0 N–H and O–H groups in total. The number of carbonyl (C=O) groups excluding carboxylic acids is 2. The molecule has 0 saturated carbocycles. The molecule has 0 radical (unpaired) electrons. The van der Waals surface area contributed by atoms with Crippen molar-refractivity contribution in [1.82, 2.24) is 9.47 Å². The molecule has 164 valence electrons. The molecule has 0 spiro atoms. The van der Waals surface area contributed by atoms with E-state index in [0.717, 1.165) is 40.0 Å². The van der Waals surface area contributed by atoms with E-state index in [1.165, 1.54) is 4.90 Å². The second-order valence-electron chi connectivity index (χ2n) is 7.50. The van der Waals surface area contributed by atoms with E-state index in [4.69, 9.17) is 16.3 Å². The summed E-state index contributed by atoms with van der Waals surface area (Å²) in [5.41, 5.74) is 3.76. The van der Waals surface area contributed by atoms with Crippen molar-refractivity contribution in [2.24, 2.45) is 0 Å². The molecular formula is C25H23ClN2O3S. The zero-order valence-corrected chi connectivity index (χ0v) is 19.4. The van der Waals surface area contributed by atoms with Gasteiger partial charge in [-0.2, -0.15) is 0 Å². The molecule has 2 aromatic carbocycles. The number of rotatable bonds is 7. The average molecular weight is 467 g/mol. The Bertz CT molecular complexity index is 1190. The van der Waals surface area contributed by atoms with E-state index < -0.39 is 0 Å². The molecule has 2 heterocycles. The largest absolute Gasteiger partial charge is 0.492 e. The zero-order valence-electron chi connectivity index (χ0n) is 17.9. The van der Waals surface area contributed by atoms with Crippen LogP contribution >= 0.6 is 23.4 Å². The number of benzene rings is 2. The highest BCUT2D eigenvalue weighted by molar-refractivity contribution is 8.18. The second kappa shape index (κ2) is 9.67. The summed E-state index contributed by atoms with van der Waals surface area (Å²) in [6.07, 6.45) is 1.80. The first-order valence-electron chi connectivity index (χ1n) is 10.3. The standard InChI is InChI=1S/C25H23ClN2O3S/c1-17-14-20(18(2)27(17)12-13-31-21-9-4-3-5-10-21)15-23-24(29)28(25(30)32-23)16-19-8-6-7-11-22(19)26/h3-11,14-15H,12-13,16H2,1-2H3/b23-15-. The summed E-state index contributed by atoms with van der Waals surface area (Å²) in [5.74, 6) is 0.541. The summed E-state index contributed by atoms with van der Waals surface area (Å²) in [7, 11) is 0. The van der Waals surface area contributed by atoms with Crippen LogP contribution in [0.25, 0.3) is 6.08 Å². The van der Waals surface area contributed by atoms with Crippen molar-refractivity contribution in [3.63, 3.8) is 0 Å². The van der Waals surface area contributed by atoms with Gasteiger partial charge in [0.05, 0.1) is 18.0 Å². The van der Waals surface area contributed by atoms with E-state index in [2.05, 4.69) is 4.57 Å². The van der Waals surface area contributed by atoms with Crippen LogP contribution in [0, 0.1) is 13.8 Å². The maximum absolute atomic E-state index is 12.9. The number of imide groups is 1. The lowest BCUT2D eigenvalue weighted by atomic mass is 10.2. The van der Waals surface area contributed by atoms with Crippen molar-refractivity contribution in [2.45, 2.75) is 26.9 Å². The third kappa shape index (κ3) is 4.76. The van der Waals surface area contributed by atoms with Gasteiger partial charge in [-0.25, -0.2) is 0 Å². The van der Waals surface area contributed by atoms with E-state index >= 15 is 0 Å². The van der Waals surface area contributed by atoms with E-state index in [-0.39, 0.29) is 17.7 Å². The Morgan fingerprint density at radius 2 is 1.75 bits per heavy atom. The normalized spacial score (nSPS) is 15.1. The van der Waals surface area contributed by atoms with Crippen molar-refractivity contribution < 1.29 is 14.3 Å². The Hall–Kier alpha value is -2.96. The van der Waals surface area contributed by atoms with Crippen LogP contribution in [0.5, 0.6) is 5.75 Å². The maximum atomic E-state index is 12.9. The minimum absolute atomic E-state index is 0.164. The molecule has 4 rings (SSSR count). The summed E-state index contributed by atoms with van der Waals surface area (Å²) < 4.78 is 7.97. The molecule has 32 heavy (non-hydrogen) atoms. The summed E-state index contributed by atoms with van der Waals surface area (Å²) in [5, 5.41) is 0.253. The van der Waals surface area contributed by atoms with Gasteiger partial charge in [0, 0.05) is 16.4 Å². The first-order valence-corrected chi connectivity index (χ1v) is 11.5. The lowest BCUT2D eigenvalue weighted by Gasteiger charge is -2.13. The van der Waals surface area contributed by atoms with E-state index in [9.17, 15) is 9.59 Å². The molecule has 0 bridgehead atoms. The molecule has 2 amide bonds. The monoisotopic (exact) mass is 466 g/mol. The highest BCUT2D eigenvalue weighted by atomic mass is 35.5. The number of aromatic nitrogens is 1. The number of hydrogen-bond donors (Lipinski definition) is 0. The highest BCUT2D eigenvalue weighted by Gasteiger charge is 2.35. The van der Waals surface area contributed by atoms with Crippen LogP contribution in [0.15, 0.2) is 65.6 Å². The van der Waals surface area contributed by atoms with E-state index in [0.29, 0.717) is 23.1 Å². The van der Waals surface area contributed by atoms with Gasteiger partial charge in [0.25, 0.3) is 11.1 Å². The number of carbonyl (C=O) groups is 2. The van der Waals surface area contributed by atoms with Crippen LogP contribution in [0.4, 0.5) is 4.79 Å². The van der Waals surface area contributed by atoms with Crippen LogP contribution in [0.1, 0.15) is 22.5 Å². The molecule has 1 aromatic heterocycles. The summed E-state index contributed by atoms with van der Waals surface area (Å²) >= 11 is 7.16. The number of nitrogens with zero attached hydrogens (tertiary/aromatic N) is 2. The number of aryl methyl sites for hydroxylation is 1. The lowest BCUT2D eigenvalue weighted by molar-refractivity contribution is -0.123. The SMILES string of the molecule is Cc1cc(/C=C2\SC(=O)N(Cc3ccccc3Cl)C2=O)c(C)n1CCOc1ccccc1. The molecule has 1 saturated heterocycles. The fourth-order valence-electron chi connectivity index (χ4n) is 3.66. The molecule has 0 aliphatic carbocycles. The van der Waals surface area contributed by atoms with Crippen LogP contribution in [0.3, 0.4) is 0 Å². The summed E-state index contributed by atoms with van der Waals surface area (Å²) in [6.45, 7) is 5.42. The van der Waals surface area contributed by atoms with Crippen molar-refractivity contribution in [3.8, 4) is 5.75 Å². The van der Waals surface area contributed by atoms with Crippen molar-refractivity contribution >= 4 is 40.6 Å². The van der Waals surface area contributed by atoms with Crippen LogP contribution in [-0.2, 0) is 17.9 Å². The molecule has 1 aliphatic rings. The Morgan fingerprint density at radius 1 is 1.03 bits per heavy atom. The van der Waals surface area contributed by atoms with Gasteiger partial charge in [0.1, 0.15) is 12.4 Å². The van der Waals surface area contributed by atoms with Crippen molar-refractivity contribution in [1.29, 1.82) is 0 Å². The van der Waals surface area contributed by atoms with Gasteiger partial charge >= 0.3 is 0 Å². The molecule has 1 aliphatic heterocycles. The quantitative estimate of drug-likeness (QED) is 0.396. The molecule has 1 fully saturated rings. The highest BCUT2D eigenvalue weighted by Crippen LogP contribution is 2.35. The number of hydrogen-bond acceptors (Lipinski definition) is 4. The summed E-state index contributed by atoms with van der Waals surface area (Å²) in [4.78, 5) is 27.1. The van der Waals surface area contributed by atoms with Crippen LogP contribution < -0.4 is 4.74 Å². The fraction of sp³-hybridized carbons (Fsp3) is 0.200. The van der Waals surface area contributed by atoms with Gasteiger partial charge in [0.2, 0.25) is 0 Å². The van der Waals surface area contributed by atoms with Crippen molar-refractivity contribution in [3.05, 3.63) is 93.1 Å². The van der Waals surface area contributed by atoms with Crippen molar-refractivity contribution in [2.75, 3.05) is 6.61 Å². The van der Waals surface area contributed by atoms with Crippen LogP contribution in [-0.4, -0.2) is 27.2 Å². The molecule has 3 aromatic rings. The number of amides is 2. The minimum atomic E-state index is -0.294. The first kappa shape index (κ1) is 22.2. The Morgan fingerprint density at radius 3 is 2.50 bits per heavy atom. The topological polar surface area (TPSA) is 51.5 Å². The Balaban J connectivity index is 1.47. The lowest BCUT2D eigenvalue weighted by Crippen LogP contribution is -2.27. The Kier molecular flexibility index (Phi) is 6.72. The van der Waals surface area contributed by atoms with E-state index in [1.807, 2.05) is 68.4 Å². The number of ether oxygens (including phenoxy) is 1. The molecule has 5 nitrogen and oxygen atoms in total. The third-order valence-electron chi connectivity index (χ3n) is 5.39. The second-order valence-corrected chi connectivity index (χ2v) is 8.90. The Labute approximate surface area is 196 Å². The van der Waals surface area contributed by atoms with Gasteiger partial charge in [-0.1, -0.05) is 48.0 Å². The van der Waals surface area contributed by atoms with Crippen LogP contribution in [0.2, 0.25) is 5.02 Å².